The topological polar surface area (TPSA) is 81.0 Å². The second-order valence-electron chi connectivity index (χ2n) is 10.3. The maximum Gasteiger partial charge on any atom is 0.419 e. The van der Waals surface area contributed by atoms with Gasteiger partial charge in [-0.25, -0.2) is 19.3 Å². The van der Waals surface area contributed by atoms with E-state index in [1.54, 1.807) is 6.92 Å². The van der Waals surface area contributed by atoms with E-state index in [0.29, 0.717) is 28.7 Å². The molecule has 0 bridgehead atoms. The first-order valence-electron chi connectivity index (χ1n) is 12.7. The molecule has 11 heteroatoms. The number of nitrogens with zero attached hydrogens (tertiary/aromatic N) is 6. The quantitative estimate of drug-likeness (QED) is 0.442. The van der Waals surface area contributed by atoms with Crippen molar-refractivity contribution in [3.05, 3.63) is 52.6 Å². The third-order valence-electron chi connectivity index (χ3n) is 7.43. The fourth-order valence-electron chi connectivity index (χ4n) is 5.01. The second kappa shape index (κ2) is 9.66. The average molecular weight is 528 g/mol. The Balaban J connectivity index is 1.52. The predicted octanol–water partition coefficient (Wildman–Crippen LogP) is 5.19. The van der Waals surface area contributed by atoms with E-state index in [1.165, 1.54) is 12.1 Å². The fourth-order valence-corrected chi connectivity index (χ4v) is 5.01. The van der Waals surface area contributed by atoms with Crippen LogP contribution in [-0.4, -0.2) is 52.1 Å². The number of nitriles is 1. The fraction of sp³-hybridized carbons (Fsp3) is 0.481. The number of alkyl halides is 3. The highest BCUT2D eigenvalue weighted by Crippen LogP contribution is 2.51. The van der Waals surface area contributed by atoms with Gasteiger partial charge in [0.1, 0.15) is 23.3 Å². The van der Waals surface area contributed by atoms with Crippen molar-refractivity contribution >= 4 is 22.7 Å². The van der Waals surface area contributed by atoms with E-state index in [0.717, 1.165) is 56.5 Å². The Morgan fingerprint density at radius 1 is 1.11 bits per heavy atom. The summed E-state index contributed by atoms with van der Waals surface area (Å²) in [7, 11) is 0. The highest BCUT2D eigenvalue weighted by molar-refractivity contribution is 5.89. The molecule has 0 unspecified atom stereocenters. The lowest BCUT2D eigenvalue weighted by molar-refractivity contribution is -0.140. The van der Waals surface area contributed by atoms with Gasteiger partial charge in [0.25, 0.3) is 0 Å². The molecule has 7 nitrogen and oxygen atoms in total. The molecule has 0 amide bonds. The van der Waals surface area contributed by atoms with Gasteiger partial charge in [-0.1, -0.05) is 12.1 Å². The van der Waals surface area contributed by atoms with Gasteiger partial charge in [-0.2, -0.15) is 18.4 Å². The van der Waals surface area contributed by atoms with Gasteiger partial charge in [0.2, 0.25) is 0 Å². The van der Waals surface area contributed by atoms with Crippen molar-refractivity contribution in [2.24, 2.45) is 0 Å². The molecule has 1 aliphatic heterocycles. The minimum absolute atomic E-state index is 0.132. The lowest BCUT2D eigenvalue weighted by Crippen LogP contribution is -2.49. The molecule has 2 aliphatic rings. The number of nitrogens with one attached hydrogen (secondary N) is 1. The Morgan fingerprint density at radius 3 is 2.42 bits per heavy atom. The largest absolute Gasteiger partial charge is 0.419 e. The van der Waals surface area contributed by atoms with Crippen molar-refractivity contribution in [1.29, 1.82) is 5.26 Å². The van der Waals surface area contributed by atoms with Crippen LogP contribution in [-0.2, 0) is 18.1 Å². The Labute approximate surface area is 218 Å². The van der Waals surface area contributed by atoms with Crippen molar-refractivity contribution in [2.75, 3.05) is 36.4 Å². The maximum absolute atomic E-state index is 14.6. The van der Waals surface area contributed by atoms with Crippen molar-refractivity contribution < 1.29 is 17.6 Å². The standard InChI is InChI=1S/C27H29F4N7/c1-16(2)37-9-11-38(12-10-37)25-21(26(15-32)7-8-26)13-19-23(34-17(3)35-24(19)36-25)33-14-18-5-4-6-20(22(18)28)27(29,30)31/h4-6,13,16H,7-12,14H2,1-3H3,(H,33,34,35,36). The van der Waals surface area contributed by atoms with E-state index < -0.39 is 23.0 Å². The summed E-state index contributed by atoms with van der Waals surface area (Å²) in [5, 5.41) is 13.6. The Bertz CT molecular complexity index is 1400. The molecule has 1 saturated heterocycles. The molecule has 2 aromatic heterocycles. The molecule has 1 aromatic carbocycles. The van der Waals surface area contributed by atoms with Gasteiger partial charge in [-0.15, -0.1) is 0 Å². The molecule has 2 fully saturated rings. The molecule has 0 radical (unpaired) electrons. The van der Waals surface area contributed by atoms with Crippen molar-refractivity contribution in [2.45, 2.75) is 57.8 Å². The van der Waals surface area contributed by atoms with Gasteiger partial charge in [0.15, 0.2) is 5.65 Å². The van der Waals surface area contributed by atoms with Gasteiger partial charge >= 0.3 is 6.18 Å². The Morgan fingerprint density at radius 2 is 1.82 bits per heavy atom. The van der Waals surface area contributed by atoms with Gasteiger partial charge in [0.05, 0.1) is 22.4 Å². The first-order valence-corrected chi connectivity index (χ1v) is 12.7. The lowest BCUT2D eigenvalue weighted by atomic mass is 9.96. The van der Waals surface area contributed by atoms with Gasteiger partial charge < -0.3 is 10.2 Å². The van der Waals surface area contributed by atoms with Gasteiger partial charge in [0, 0.05) is 49.9 Å². The Kier molecular flexibility index (Phi) is 6.63. The summed E-state index contributed by atoms with van der Waals surface area (Å²) in [5.74, 6) is 0.184. The Hall–Kier alpha value is -3.52. The smallest absolute Gasteiger partial charge is 0.365 e. The SMILES string of the molecule is Cc1nc(NCc2cccc(C(F)(F)F)c2F)c2cc(C3(C#N)CC3)c(N3CCN(C(C)C)CC3)nc2n1. The molecule has 0 spiro atoms. The molecule has 1 N–H and O–H groups in total. The number of aromatic nitrogens is 3. The monoisotopic (exact) mass is 527 g/mol. The zero-order valence-corrected chi connectivity index (χ0v) is 21.5. The average Bonchev–Trinajstić information content (AvgIpc) is 3.68. The predicted molar refractivity (Wildman–Crippen MR) is 136 cm³/mol. The van der Waals surface area contributed by atoms with Crippen LogP contribution in [0.15, 0.2) is 24.3 Å². The van der Waals surface area contributed by atoms with Crippen LogP contribution in [0.25, 0.3) is 11.0 Å². The van der Waals surface area contributed by atoms with Crippen LogP contribution < -0.4 is 10.2 Å². The van der Waals surface area contributed by atoms with E-state index in [9.17, 15) is 22.8 Å². The van der Waals surface area contributed by atoms with Crippen molar-refractivity contribution in [3.63, 3.8) is 0 Å². The zero-order valence-electron chi connectivity index (χ0n) is 21.5. The number of halogens is 4. The number of fused-ring (bicyclic) bond motifs is 1. The minimum atomic E-state index is -4.79. The van der Waals surface area contributed by atoms with Crippen LogP contribution in [0.2, 0.25) is 0 Å². The van der Waals surface area contributed by atoms with E-state index in [-0.39, 0.29) is 12.1 Å². The third-order valence-corrected chi connectivity index (χ3v) is 7.43. The van der Waals surface area contributed by atoms with Crippen molar-refractivity contribution in [1.82, 2.24) is 19.9 Å². The summed E-state index contributed by atoms with van der Waals surface area (Å²) in [6.45, 7) is 9.14. The van der Waals surface area contributed by atoms with Crippen LogP contribution in [0.4, 0.5) is 29.2 Å². The summed E-state index contributed by atoms with van der Waals surface area (Å²) in [5.41, 5.74) is -0.847. The summed E-state index contributed by atoms with van der Waals surface area (Å²) in [6, 6.07) is 8.00. The summed E-state index contributed by atoms with van der Waals surface area (Å²) in [4.78, 5) is 18.5. The van der Waals surface area contributed by atoms with E-state index in [1.807, 2.05) is 6.07 Å². The number of hydrogen-bond acceptors (Lipinski definition) is 7. The van der Waals surface area contributed by atoms with Gasteiger partial charge in [-0.3, -0.25) is 4.90 Å². The summed E-state index contributed by atoms with van der Waals surface area (Å²) >= 11 is 0. The third kappa shape index (κ3) is 4.85. The van der Waals surface area contributed by atoms with Crippen LogP contribution in [0, 0.1) is 24.1 Å². The van der Waals surface area contributed by atoms with Crippen LogP contribution in [0.5, 0.6) is 0 Å². The number of aryl methyl sites for hydroxylation is 1. The molecule has 1 aliphatic carbocycles. The molecular formula is C27H29F4N7. The zero-order chi connectivity index (χ0) is 27.2. The van der Waals surface area contributed by atoms with Crippen LogP contribution in [0.1, 0.15) is 49.2 Å². The maximum atomic E-state index is 14.6. The lowest BCUT2D eigenvalue weighted by Gasteiger charge is -2.38. The van der Waals surface area contributed by atoms with Crippen LogP contribution >= 0.6 is 0 Å². The van der Waals surface area contributed by atoms with E-state index >= 15 is 0 Å². The number of pyridine rings is 1. The number of hydrogen-bond donors (Lipinski definition) is 1. The highest BCUT2D eigenvalue weighted by atomic mass is 19.4. The number of piperazine rings is 1. The van der Waals surface area contributed by atoms with Crippen molar-refractivity contribution in [3.8, 4) is 6.07 Å². The number of anilines is 2. The van der Waals surface area contributed by atoms with Gasteiger partial charge in [-0.05, 0) is 45.7 Å². The summed E-state index contributed by atoms with van der Waals surface area (Å²) in [6.07, 6.45) is -3.34. The number of benzene rings is 1. The number of rotatable bonds is 6. The highest BCUT2D eigenvalue weighted by Gasteiger charge is 2.48. The second-order valence-corrected chi connectivity index (χ2v) is 10.3. The molecular weight excluding hydrogens is 498 g/mol. The first-order chi connectivity index (χ1) is 18.0. The molecule has 3 heterocycles. The molecule has 0 atom stereocenters. The molecule has 5 rings (SSSR count). The van der Waals surface area contributed by atoms with E-state index in [2.05, 4.69) is 45.0 Å². The minimum Gasteiger partial charge on any atom is -0.365 e. The van der Waals surface area contributed by atoms with Crippen LogP contribution in [0.3, 0.4) is 0 Å². The first kappa shape index (κ1) is 26.1. The summed E-state index contributed by atoms with van der Waals surface area (Å²) < 4.78 is 54.2. The molecule has 38 heavy (non-hydrogen) atoms. The normalized spacial score (nSPS) is 17.6. The van der Waals surface area contributed by atoms with E-state index in [4.69, 9.17) is 4.98 Å². The molecule has 1 saturated carbocycles. The molecule has 200 valence electrons. The molecule has 3 aromatic rings.